The van der Waals surface area contributed by atoms with Crippen molar-refractivity contribution in [1.29, 1.82) is 0 Å². The highest BCUT2D eigenvalue weighted by molar-refractivity contribution is 5.71. The highest BCUT2D eigenvalue weighted by Crippen LogP contribution is 2.17. The number of ether oxygens (including phenoxy) is 3. The first-order valence-corrected chi connectivity index (χ1v) is 30.8. The second-order valence-electron chi connectivity index (χ2n) is 20.6. The Bertz CT molecular complexity index is 1280. The van der Waals surface area contributed by atoms with Crippen LogP contribution in [0, 0.1) is 0 Å². The molecule has 6 heteroatoms. The van der Waals surface area contributed by atoms with Crippen molar-refractivity contribution in [3.05, 3.63) is 60.8 Å². The number of hydrogen-bond acceptors (Lipinski definition) is 6. The highest BCUT2D eigenvalue weighted by Gasteiger charge is 2.19. The van der Waals surface area contributed by atoms with Crippen molar-refractivity contribution in [2.45, 2.75) is 322 Å². The third kappa shape index (κ3) is 57.9. The average molecular weight is 994 g/mol. The van der Waals surface area contributed by atoms with Crippen LogP contribution in [0.25, 0.3) is 0 Å². The smallest absolute Gasteiger partial charge is 0.306 e. The molecule has 0 saturated heterocycles. The van der Waals surface area contributed by atoms with Crippen LogP contribution in [-0.4, -0.2) is 37.2 Å². The molecule has 0 aromatic rings. The molecule has 1 unspecified atom stereocenters. The monoisotopic (exact) mass is 993 g/mol. The molecule has 71 heavy (non-hydrogen) atoms. The molecule has 0 saturated carbocycles. The maximum absolute atomic E-state index is 12.8. The molecule has 0 amide bonds. The molecule has 0 fully saturated rings. The lowest BCUT2D eigenvalue weighted by Crippen LogP contribution is -2.30. The largest absolute Gasteiger partial charge is 0.462 e. The van der Waals surface area contributed by atoms with E-state index in [-0.39, 0.29) is 31.1 Å². The summed E-state index contributed by atoms with van der Waals surface area (Å²) >= 11 is 0. The minimum atomic E-state index is -0.771. The van der Waals surface area contributed by atoms with Crippen LogP contribution in [0.1, 0.15) is 316 Å². The Balaban J connectivity index is 3.95. The Labute approximate surface area is 440 Å². The average Bonchev–Trinajstić information content (AvgIpc) is 3.37. The molecule has 0 aliphatic carbocycles. The zero-order valence-corrected chi connectivity index (χ0v) is 47.2. The van der Waals surface area contributed by atoms with Gasteiger partial charge in [-0.1, -0.05) is 274 Å². The molecule has 0 N–H and O–H groups in total. The van der Waals surface area contributed by atoms with Gasteiger partial charge in [-0.3, -0.25) is 14.4 Å². The fourth-order valence-electron chi connectivity index (χ4n) is 8.90. The molecule has 0 aliphatic rings. The van der Waals surface area contributed by atoms with Crippen molar-refractivity contribution in [3.63, 3.8) is 0 Å². The molecule has 412 valence electrons. The fraction of sp³-hybridized carbons (Fsp3) is 0.800. The summed E-state index contributed by atoms with van der Waals surface area (Å²) < 4.78 is 16.8. The van der Waals surface area contributed by atoms with Gasteiger partial charge in [-0.2, -0.15) is 0 Å². The van der Waals surface area contributed by atoms with E-state index in [1.165, 1.54) is 186 Å². The van der Waals surface area contributed by atoms with Crippen LogP contribution >= 0.6 is 0 Å². The standard InChI is InChI=1S/C65H116O6/c1-4-7-10-13-16-18-20-22-23-24-25-26-27-28-29-30-31-32-33-34-35-36-37-38-39-40-41-43-44-46-49-52-55-58-64(67)70-61-62(60-69-63(66)57-54-51-48-15-12-9-6-3)71-65(68)59-56-53-50-47-45-42-21-19-17-14-11-8-5-2/h7,10,16,18-19,21-23,25-26,62H,4-6,8-9,11-15,17,20,24,27-61H2,1-3H3/b10-7-,18-16-,21-19-,23-22-,26-25-. The third-order valence-corrected chi connectivity index (χ3v) is 13.5. The Morgan fingerprint density at radius 2 is 0.549 bits per heavy atom. The minimum Gasteiger partial charge on any atom is -0.462 e. The predicted octanol–water partition coefficient (Wildman–Crippen LogP) is 20.8. The van der Waals surface area contributed by atoms with Gasteiger partial charge in [0.1, 0.15) is 13.2 Å². The van der Waals surface area contributed by atoms with E-state index in [0.29, 0.717) is 19.3 Å². The van der Waals surface area contributed by atoms with Crippen LogP contribution in [0.15, 0.2) is 60.8 Å². The summed E-state index contributed by atoms with van der Waals surface area (Å²) in [6, 6.07) is 0. The fourth-order valence-corrected chi connectivity index (χ4v) is 8.90. The Morgan fingerprint density at radius 3 is 0.887 bits per heavy atom. The van der Waals surface area contributed by atoms with Gasteiger partial charge in [0.2, 0.25) is 0 Å². The van der Waals surface area contributed by atoms with E-state index >= 15 is 0 Å². The van der Waals surface area contributed by atoms with Gasteiger partial charge in [0.05, 0.1) is 0 Å². The number of allylic oxidation sites excluding steroid dienone is 10. The van der Waals surface area contributed by atoms with Crippen molar-refractivity contribution < 1.29 is 28.6 Å². The van der Waals surface area contributed by atoms with Crippen molar-refractivity contribution in [2.75, 3.05) is 13.2 Å². The lowest BCUT2D eigenvalue weighted by atomic mass is 10.0. The second kappa shape index (κ2) is 59.7. The minimum absolute atomic E-state index is 0.0727. The van der Waals surface area contributed by atoms with E-state index in [4.69, 9.17) is 14.2 Å². The van der Waals surface area contributed by atoms with E-state index < -0.39 is 6.10 Å². The molecular weight excluding hydrogens is 877 g/mol. The SMILES string of the molecule is CC/C=C\C/C=C\C/C=C\C/C=C\CCCCCCCCCCCCCCCCCCCCCCC(=O)OCC(COC(=O)CCCCCCCCC)OC(=O)CCCCCCC/C=C\CCCCCC. The van der Waals surface area contributed by atoms with Crippen molar-refractivity contribution in [1.82, 2.24) is 0 Å². The summed E-state index contributed by atoms with van der Waals surface area (Å²) in [4.78, 5) is 37.9. The molecule has 0 aromatic carbocycles. The van der Waals surface area contributed by atoms with Gasteiger partial charge in [0, 0.05) is 19.3 Å². The van der Waals surface area contributed by atoms with E-state index in [1.807, 2.05) is 0 Å². The Morgan fingerprint density at radius 1 is 0.296 bits per heavy atom. The number of unbranched alkanes of at least 4 members (excludes halogenated alkanes) is 35. The molecule has 0 heterocycles. The van der Waals surface area contributed by atoms with Crippen molar-refractivity contribution >= 4 is 17.9 Å². The summed E-state index contributed by atoms with van der Waals surface area (Å²) in [6.45, 7) is 6.49. The molecule has 0 aliphatic heterocycles. The van der Waals surface area contributed by atoms with E-state index in [9.17, 15) is 14.4 Å². The second-order valence-corrected chi connectivity index (χ2v) is 20.6. The van der Waals surface area contributed by atoms with Gasteiger partial charge in [-0.05, 0) is 83.5 Å². The van der Waals surface area contributed by atoms with E-state index in [1.54, 1.807) is 0 Å². The molecule has 1 atom stereocenters. The highest BCUT2D eigenvalue weighted by atomic mass is 16.6. The maximum Gasteiger partial charge on any atom is 0.306 e. The van der Waals surface area contributed by atoms with Crippen LogP contribution in [-0.2, 0) is 28.6 Å². The summed E-state index contributed by atoms with van der Waals surface area (Å²) in [7, 11) is 0. The summed E-state index contributed by atoms with van der Waals surface area (Å²) in [5, 5.41) is 0. The van der Waals surface area contributed by atoms with Crippen LogP contribution in [0.3, 0.4) is 0 Å². The molecule has 0 spiro atoms. The number of carbonyl (C=O) groups excluding carboxylic acids is 3. The van der Waals surface area contributed by atoms with Gasteiger partial charge < -0.3 is 14.2 Å². The summed E-state index contributed by atoms with van der Waals surface area (Å²) in [5.74, 6) is -0.875. The molecule has 0 radical (unpaired) electrons. The zero-order valence-electron chi connectivity index (χ0n) is 47.2. The van der Waals surface area contributed by atoms with Crippen LogP contribution in [0.5, 0.6) is 0 Å². The topological polar surface area (TPSA) is 78.9 Å². The van der Waals surface area contributed by atoms with Crippen LogP contribution in [0.4, 0.5) is 0 Å². The molecule has 0 bridgehead atoms. The van der Waals surface area contributed by atoms with Crippen LogP contribution < -0.4 is 0 Å². The lowest BCUT2D eigenvalue weighted by molar-refractivity contribution is -0.167. The number of hydrogen-bond donors (Lipinski definition) is 0. The van der Waals surface area contributed by atoms with Crippen molar-refractivity contribution in [3.8, 4) is 0 Å². The number of esters is 3. The van der Waals surface area contributed by atoms with E-state index in [2.05, 4.69) is 81.5 Å². The van der Waals surface area contributed by atoms with Gasteiger partial charge >= 0.3 is 17.9 Å². The third-order valence-electron chi connectivity index (χ3n) is 13.5. The first kappa shape index (κ1) is 68.1. The zero-order chi connectivity index (χ0) is 51.4. The first-order chi connectivity index (χ1) is 35.0. The number of rotatable bonds is 56. The quantitative estimate of drug-likeness (QED) is 0.0261. The number of carbonyl (C=O) groups is 3. The van der Waals surface area contributed by atoms with Crippen LogP contribution in [0.2, 0.25) is 0 Å². The normalized spacial score (nSPS) is 12.4. The van der Waals surface area contributed by atoms with Gasteiger partial charge in [0.25, 0.3) is 0 Å². The van der Waals surface area contributed by atoms with Gasteiger partial charge in [-0.25, -0.2) is 0 Å². The van der Waals surface area contributed by atoms with Gasteiger partial charge in [-0.15, -0.1) is 0 Å². The molecule has 0 aromatic heterocycles. The molecule has 6 nitrogen and oxygen atoms in total. The first-order valence-electron chi connectivity index (χ1n) is 30.8. The van der Waals surface area contributed by atoms with Gasteiger partial charge in [0.15, 0.2) is 6.10 Å². The predicted molar refractivity (Wildman–Crippen MR) is 307 cm³/mol. The Kier molecular flexibility index (Phi) is 57.2. The molecule has 0 rings (SSSR count). The Hall–Kier alpha value is -2.89. The molecular formula is C65H116O6. The summed E-state index contributed by atoms with van der Waals surface area (Å²) in [6.07, 6.45) is 75.5. The maximum atomic E-state index is 12.8. The lowest BCUT2D eigenvalue weighted by Gasteiger charge is -2.18. The van der Waals surface area contributed by atoms with Crippen molar-refractivity contribution in [2.24, 2.45) is 0 Å². The van der Waals surface area contributed by atoms with E-state index in [0.717, 1.165) is 89.9 Å². The summed E-state index contributed by atoms with van der Waals surface area (Å²) in [5.41, 5.74) is 0.